The third-order valence-electron chi connectivity index (χ3n) is 1.46. The lowest BCUT2D eigenvalue weighted by Gasteiger charge is -2.03. The normalized spacial score (nSPS) is 9.62. The lowest BCUT2D eigenvalue weighted by molar-refractivity contribution is -0.121. The van der Waals surface area contributed by atoms with Gasteiger partial charge in [-0.15, -0.1) is 0 Å². The Morgan fingerprint density at radius 1 is 1.54 bits per heavy atom. The van der Waals surface area contributed by atoms with E-state index in [1.165, 1.54) is 0 Å². The molecule has 0 saturated carbocycles. The maximum atomic E-state index is 11.0. The van der Waals surface area contributed by atoms with Crippen molar-refractivity contribution in [2.24, 2.45) is 5.73 Å². The first-order valence-electron chi connectivity index (χ1n) is 4.20. The number of methoxy groups -OCH3 is 1. The monoisotopic (exact) mass is 204 g/mol. The zero-order valence-corrected chi connectivity index (χ0v) is 8.65. The van der Waals surface area contributed by atoms with E-state index in [1.54, 1.807) is 7.11 Å². The number of nitrogens with two attached hydrogens (primary N) is 1. The van der Waals surface area contributed by atoms with Gasteiger partial charge < -0.3 is 15.8 Å². The molecule has 1 amide bonds. The Bertz CT molecular complexity index is 174. The van der Waals surface area contributed by atoms with Crippen LogP contribution < -0.4 is 11.1 Å². The smallest absolute Gasteiger partial charge is 0.222 e. The highest BCUT2D eigenvalue weighted by Gasteiger charge is 1.99. The highest BCUT2D eigenvalue weighted by Crippen LogP contribution is 1.87. The van der Waals surface area contributed by atoms with Crippen LogP contribution in [-0.2, 0) is 9.53 Å². The lowest BCUT2D eigenvalue weighted by Crippen LogP contribution is -2.26. The third-order valence-corrected chi connectivity index (χ3v) is 1.66. The SMILES string of the molecule is COCCC(=O)NCCCC(N)=S. The number of nitrogens with one attached hydrogen (secondary N) is 1. The Hall–Kier alpha value is -0.680. The van der Waals surface area contributed by atoms with Gasteiger partial charge in [0.1, 0.15) is 0 Å². The van der Waals surface area contributed by atoms with Crippen molar-refractivity contribution in [1.29, 1.82) is 0 Å². The van der Waals surface area contributed by atoms with Crippen LogP contribution in [0.15, 0.2) is 0 Å². The zero-order valence-electron chi connectivity index (χ0n) is 7.84. The van der Waals surface area contributed by atoms with Crippen molar-refractivity contribution < 1.29 is 9.53 Å². The number of carbonyl (C=O) groups is 1. The average Bonchev–Trinajstić information content (AvgIpc) is 2.08. The van der Waals surface area contributed by atoms with Gasteiger partial charge in [-0.05, 0) is 12.8 Å². The molecule has 0 aliphatic rings. The average molecular weight is 204 g/mol. The molecular formula is C8H16N2O2S. The molecule has 0 fully saturated rings. The summed E-state index contributed by atoms with van der Waals surface area (Å²) in [4.78, 5) is 11.5. The molecule has 0 aromatic carbocycles. The molecule has 0 saturated heterocycles. The van der Waals surface area contributed by atoms with E-state index in [4.69, 9.17) is 10.5 Å². The quantitative estimate of drug-likeness (QED) is 0.459. The number of hydrogen-bond acceptors (Lipinski definition) is 3. The van der Waals surface area contributed by atoms with E-state index in [9.17, 15) is 4.79 Å². The Labute approximate surface area is 83.8 Å². The topological polar surface area (TPSA) is 64.3 Å². The summed E-state index contributed by atoms with van der Waals surface area (Å²) in [5.41, 5.74) is 5.29. The standard InChI is InChI=1S/C8H16N2O2S/c1-12-6-4-8(11)10-5-2-3-7(9)13/h2-6H2,1H3,(H2,9,13)(H,10,11). The summed E-state index contributed by atoms with van der Waals surface area (Å²) in [7, 11) is 1.57. The molecule has 0 atom stereocenters. The molecule has 0 aliphatic heterocycles. The van der Waals surface area contributed by atoms with Gasteiger partial charge in [-0.2, -0.15) is 0 Å². The van der Waals surface area contributed by atoms with Crippen LogP contribution in [0, 0.1) is 0 Å². The Morgan fingerprint density at radius 2 is 2.23 bits per heavy atom. The van der Waals surface area contributed by atoms with E-state index in [2.05, 4.69) is 17.5 Å². The van der Waals surface area contributed by atoms with Crippen molar-refractivity contribution in [3.05, 3.63) is 0 Å². The molecule has 0 rings (SSSR count). The van der Waals surface area contributed by atoms with Gasteiger partial charge in [-0.3, -0.25) is 4.79 Å². The molecule has 0 aliphatic carbocycles. The van der Waals surface area contributed by atoms with Gasteiger partial charge in [0, 0.05) is 20.1 Å². The fourth-order valence-electron chi connectivity index (χ4n) is 0.774. The van der Waals surface area contributed by atoms with Gasteiger partial charge in [-0.25, -0.2) is 0 Å². The van der Waals surface area contributed by atoms with Crippen LogP contribution in [0.4, 0.5) is 0 Å². The minimum absolute atomic E-state index is 0.00443. The first-order chi connectivity index (χ1) is 6.16. The molecule has 0 spiro atoms. The molecule has 13 heavy (non-hydrogen) atoms. The summed E-state index contributed by atoms with van der Waals surface area (Å²) in [6.07, 6.45) is 1.89. The Morgan fingerprint density at radius 3 is 2.77 bits per heavy atom. The van der Waals surface area contributed by atoms with Gasteiger partial charge in [0.05, 0.1) is 11.6 Å². The van der Waals surface area contributed by atoms with Gasteiger partial charge >= 0.3 is 0 Å². The first-order valence-corrected chi connectivity index (χ1v) is 4.61. The van der Waals surface area contributed by atoms with Crippen molar-refractivity contribution in [3.8, 4) is 0 Å². The summed E-state index contributed by atoms with van der Waals surface area (Å²) in [5, 5.41) is 2.74. The number of thiocarbonyl (C=S) groups is 1. The molecule has 0 bridgehead atoms. The van der Waals surface area contributed by atoms with E-state index in [0.717, 1.165) is 6.42 Å². The van der Waals surface area contributed by atoms with Gasteiger partial charge in [0.15, 0.2) is 0 Å². The zero-order chi connectivity index (χ0) is 10.1. The molecule has 0 aromatic heterocycles. The summed E-state index contributed by atoms with van der Waals surface area (Å²) in [6.45, 7) is 1.08. The predicted octanol–water partition coefficient (Wildman–Crippen LogP) is 0.205. The first kappa shape index (κ1) is 12.3. The van der Waals surface area contributed by atoms with Gasteiger partial charge in [0.25, 0.3) is 0 Å². The Kier molecular flexibility index (Phi) is 7.53. The fraction of sp³-hybridized carbons (Fsp3) is 0.750. The summed E-state index contributed by atoms with van der Waals surface area (Å²) in [6, 6.07) is 0. The van der Waals surface area contributed by atoms with Crippen molar-refractivity contribution in [2.75, 3.05) is 20.3 Å². The molecular weight excluding hydrogens is 188 g/mol. The van der Waals surface area contributed by atoms with Crippen molar-refractivity contribution in [1.82, 2.24) is 5.32 Å². The van der Waals surface area contributed by atoms with E-state index in [1.807, 2.05) is 0 Å². The fourth-order valence-corrected chi connectivity index (χ4v) is 0.918. The van der Waals surface area contributed by atoms with E-state index in [0.29, 0.717) is 31.0 Å². The maximum absolute atomic E-state index is 11.0. The molecule has 5 heteroatoms. The second-order valence-electron chi connectivity index (χ2n) is 2.66. The highest BCUT2D eigenvalue weighted by atomic mass is 32.1. The molecule has 0 heterocycles. The maximum Gasteiger partial charge on any atom is 0.222 e. The number of hydrogen-bond donors (Lipinski definition) is 2. The number of rotatable bonds is 7. The van der Waals surface area contributed by atoms with Crippen LogP contribution in [-0.4, -0.2) is 31.2 Å². The molecule has 0 unspecified atom stereocenters. The van der Waals surface area contributed by atoms with Crippen LogP contribution in [0.5, 0.6) is 0 Å². The molecule has 4 nitrogen and oxygen atoms in total. The van der Waals surface area contributed by atoms with Crippen LogP contribution >= 0.6 is 12.2 Å². The van der Waals surface area contributed by atoms with Crippen LogP contribution in [0.3, 0.4) is 0 Å². The van der Waals surface area contributed by atoms with Gasteiger partial charge in [-0.1, -0.05) is 12.2 Å². The van der Waals surface area contributed by atoms with Crippen molar-refractivity contribution in [2.45, 2.75) is 19.3 Å². The number of amides is 1. The Balaban J connectivity index is 3.22. The molecule has 3 N–H and O–H groups in total. The predicted molar refractivity (Wildman–Crippen MR) is 55.5 cm³/mol. The van der Waals surface area contributed by atoms with E-state index >= 15 is 0 Å². The number of ether oxygens (including phenoxy) is 1. The van der Waals surface area contributed by atoms with Gasteiger partial charge in [0.2, 0.25) is 5.91 Å². The molecule has 76 valence electrons. The second-order valence-corrected chi connectivity index (χ2v) is 3.19. The van der Waals surface area contributed by atoms with E-state index in [-0.39, 0.29) is 5.91 Å². The van der Waals surface area contributed by atoms with Crippen LogP contribution in [0.1, 0.15) is 19.3 Å². The molecule has 0 radical (unpaired) electrons. The minimum Gasteiger partial charge on any atom is -0.393 e. The lowest BCUT2D eigenvalue weighted by atomic mass is 10.3. The highest BCUT2D eigenvalue weighted by molar-refractivity contribution is 7.80. The van der Waals surface area contributed by atoms with E-state index < -0.39 is 0 Å². The minimum atomic E-state index is 0.00443. The van der Waals surface area contributed by atoms with Crippen molar-refractivity contribution in [3.63, 3.8) is 0 Å². The largest absolute Gasteiger partial charge is 0.393 e. The second kappa shape index (κ2) is 7.94. The molecule has 0 aromatic rings. The van der Waals surface area contributed by atoms with Crippen LogP contribution in [0.25, 0.3) is 0 Å². The van der Waals surface area contributed by atoms with Crippen LogP contribution in [0.2, 0.25) is 0 Å². The summed E-state index contributed by atoms with van der Waals surface area (Å²) in [5.74, 6) is 0.00443. The summed E-state index contributed by atoms with van der Waals surface area (Å²) >= 11 is 4.69. The third kappa shape index (κ3) is 9.23. The summed E-state index contributed by atoms with van der Waals surface area (Å²) < 4.78 is 4.76. The number of carbonyl (C=O) groups excluding carboxylic acids is 1. The van der Waals surface area contributed by atoms with Crippen molar-refractivity contribution >= 4 is 23.1 Å².